The van der Waals surface area contributed by atoms with E-state index in [0.29, 0.717) is 37.2 Å². The number of rotatable bonds is 9. The molecule has 2 aromatic carbocycles. The number of benzene rings is 2. The average molecular weight is 423 g/mol. The van der Waals surface area contributed by atoms with Gasteiger partial charge in [0.1, 0.15) is 5.75 Å². The fraction of sp³-hybridized carbons (Fsp3) is 0.375. The van der Waals surface area contributed by atoms with E-state index in [2.05, 4.69) is 10.2 Å². The molecule has 164 valence electrons. The first-order valence-corrected chi connectivity index (χ1v) is 10.6. The number of guanidine groups is 1. The summed E-state index contributed by atoms with van der Waals surface area (Å²) in [4.78, 5) is 33.0. The van der Waals surface area contributed by atoms with Crippen LogP contribution in [-0.2, 0) is 6.54 Å². The van der Waals surface area contributed by atoms with E-state index in [0.717, 1.165) is 30.2 Å². The molecule has 1 heterocycles. The molecule has 0 saturated carbocycles. The fourth-order valence-corrected chi connectivity index (χ4v) is 3.64. The molecule has 1 aliphatic heterocycles. The van der Waals surface area contributed by atoms with Crippen molar-refractivity contribution >= 4 is 17.8 Å². The monoisotopic (exact) mass is 422 g/mol. The van der Waals surface area contributed by atoms with Gasteiger partial charge in [-0.1, -0.05) is 30.3 Å². The van der Waals surface area contributed by atoms with Crippen LogP contribution >= 0.6 is 0 Å². The number of ether oxygens (including phenoxy) is 1. The number of aliphatic imine (C=N–C) groups is 1. The van der Waals surface area contributed by atoms with Crippen molar-refractivity contribution in [3.63, 3.8) is 0 Å². The van der Waals surface area contributed by atoms with Crippen LogP contribution in [0, 0.1) is 0 Å². The van der Waals surface area contributed by atoms with Crippen LogP contribution in [0.2, 0.25) is 0 Å². The molecule has 31 heavy (non-hydrogen) atoms. The van der Waals surface area contributed by atoms with Crippen molar-refractivity contribution < 1.29 is 14.3 Å². The lowest BCUT2D eigenvalue weighted by Gasteiger charge is -2.23. The molecule has 0 fully saturated rings. The topological polar surface area (TPSA) is 74.2 Å². The quantitative estimate of drug-likeness (QED) is 0.291. The van der Waals surface area contributed by atoms with E-state index in [4.69, 9.17) is 9.73 Å². The maximum atomic E-state index is 12.4. The Bertz CT molecular complexity index is 922. The zero-order valence-electron chi connectivity index (χ0n) is 18.4. The maximum absolute atomic E-state index is 12.4. The molecule has 0 saturated heterocycles. The van der Waals surface area contributed by atoms with Gasteiger partial charge in [0.2, 0.25) is 0 Å². The number of imide groups is 1. The predicted molar refractivity (Wildman–Crippen MR) is 121 cm³/mol. The highest BCUT2D eigenvalue weighted by molar-refractivity contribution is 6.21. The number of hydrogen-bond donors (Lipinski definition) is 1. The Labute approximate surface area is 183 Å². The molecule has 2 aromatic rings. The molecule has 1 aliphatic rings. The van der Waals surface area contributed by atoms with Gasteiger partial charge in [0.25, 0.3) is 11.8 Å². The number of para-hydroxylation sites is 1. The van der Waals surface area contributed by atoms with Crippen molar-refractivity contribution in [2.24, 2.45) is 4.99 Å². The van der Waals surface area contributed by atoms with Gasteiger partial charge in [0.05, 0.1) is 18.2 Å². The van der Waals surface area contributed by atoms with Crippen molar-refractivity contribution in [2.45, 2.75) is 26.3 Å². The highest BCUT2D eigenvalue weighted by Gasteiger charge is 2.34. The molecule has 3 rings (SSSR count). The van der Waals surface area contributed by atoms with Crippen molar-refractivity contribution in [1.82, 2.24) is 15.1 Å². The van der Waals surface area contributed by atoms with Gasteiger partial charge in [-0.2, -0.15) is 0 Å². The molecular formula is C24H30N4O3. The van der Waals surface area contributed by atoms with Gasteiger partial charge in [0.15, 0.2) is 5.96 Å². The van der Waals surface area contributed by atoms with Gasteiger partial charge >= 0.3 is 0 Å². The van der Waals surface area contributed by atoms with Gasteiger partial charge in [-0.3, -0.25) is 19.5 Å². The van der Waals surface area contributed by atoms with E-state index >= 15 is 0 Å². The van der Waals surface area contributed by atoms with E-state index in [1.54, 1.807) is 31.4 Å². The zero-order valence-corrected chi connectivity index (χ0v) is 18.4. The summed E-state index contributed by atoms with van der Waals surface area (Å²) >= 11 is 0. The zero-order chi connectivity index (χ0) is 22.2. The Morgan fingerprint density at radius 1 is 1.03 bits per heavy atom. The minimum atomic E-state index is -0.200. The summed E-state index contributed by atoms with van der Waals surface area (Å²) in [6.45, 7) is 4.50. The van der Waals surface area contributed by atoms with Crippen LogP contribution in [0.4, 0.5) is 0 Å². The molecule has 0 radical (unpaired) electrons. The molecule has 0 spiro atoms. The highest BCUT2D eigenvalue weighted by atomic mass is 16.5. The third-order valence-electron chi connectivity index (χ3n) is 5.23. The fourth-order valence-electron chi connectivity index (χ4n) is 3.64. The number of carbonyl (C=O) groups excluding carboxylic acids is 2. The number of nitrogens with one attached hydrogen (secondary N) is 1. The first-order valence-electron chi connectivity index (χ1n) is 10.6. The van der Waals surface area contributed by atoms with Crippen LogP contribution in [0.25, 0.3) is 0 Å². The first kappa shape index (κ1) is 22.3. The van der Waals surface area contributed by atoms with Crippen LogP contribution in [0.3, 0.4) is 0 Å². The molecule has 7 nitrogen and oxygen atoms in total. The Morgan fingerprint density at radius 3 is 2.32 bits per heavy atom. The second-order valence-corrected chi connectivity index (χ2v) is 7.42. The van der Waals surface area contributed by atoms with E-state index in [1.165, 1.54) is 4.90 Å². The molecule has 0 aromatic heterocycles. The summed E-state index contributed by atoms with van der Waals surface area (Å²) in [6.07, 6.45) is 1.50. The molecule has 7 heteroatoms. The molecule has 0 atom stereocenters. The Morgan fingerprint density at radius 2 is 1.68 bits per heavy atom. The number of hydrogen-bond acceptors (Lipinski definition) is 4. The highest BCUT2D eigenvalue weighted by Crippen LogP contribution is 2.22. The summed E-state index contributed by atoms with van der Waals surface area (Å²) in [6, 6.07) is 14.9. The van der Waals surface area contributed by atoms with Crippen LogP contribution in [0.15, 0.2) is 53.5 Å². The Balaban J connectivity index is 1.52. The van der Waals surface area contributed by atoms with Crippen LogP contribution in [0.5, 0.6) is 5.75 Å². The third kappa shape index (κ3) is 5.23. The first-order chi connectivity index (χ1) is 15.1. The second kappa shape index (κ2) is 10.6. The molecule has 0 aliphatic carbocycles. The summed E-state index contributed by atoms with van der Waals surface area (Å²) in [7, 11) is 3.67. The van der Waals surface area contributed by atoms with E-state index in [9.17, 15) is 9.59 Å². The van der Waals surface area contributed by atoms with Crippen molar-refractivity contribution in [3.05, 3.63) is 65.2 Å². The summed E-state index contributed by atoms with van der Waals surface area (Å²) in [5, 5.41) is 3.31. The lowest BCUT2D eigenvalue weighted by Crippen LogP contribution is -2.38. The molecule has 0 bridgehead atoms. The second-order valence-electron chi connectivity index (χ2n) is 7.42. The van der Waals surface area contributed by atoms with Crippen LogP contribution in [0.1, 0.15) is 46.0 Å². The third-order valence-corrected chi connectivity index (χ3v) is 5.23. The average Bonchev–Trinajstić information content (AvgIpc) is 3.03. The molecule has 2 amide bonds. The summed E-state index contributed by atoms with van der Waals surface area (Å²) < 4.78 is 5.44. The van der Waals surface area contributed by atoms with Crippen molar-refractivity contribution in [1.29, 1.82) is 0 Å². The van der Waals surface area contributed by atoms with Gasteiger partial charge in [-0.15, -0.1) is 0 Å². The molecule has 0 unspecified atom stereocenters. The predicted octanol–water partition coefficient (Wildman–Crippen LogP) is 3.17. The largest absolute Gasteiger partial charge is 0.496 e. The summed E-state index contributed by atoms with van der Waals surface area (Å²) in [5.41, 5.74) is 2.08. The number of amides is 2. The SMILES string of the molecule is CCNC(=NCCCCN1C(=O)c2ccccc2C1=O)N(C)Cc1ccccc1OC. The van der Waals surface area contributed by atoms with Crippen molar-refractivity contribution in [3.8, 4) is 5.75 Å². The van der Waals surface area contributed by atoms with E-state index in [-0.39, 0.29) is 11.8 Å². The Hall–Kier alpha value is -3.35. The van der Waals surface area contributed by atoms with E-state index < -0.39 is 0 Å². The van der Waals surface area contributed by atoms with E-state index in [1.807, 2.05) is 38.2 Å². The lowest BCUT2D eigenvalue weighted by atomic mass is 10.1. The van der Waals surface area contributed by atoms with Crippen LogP contribution < -0.4 is 10.1 Å². The minimum Gasteiger partial charge on any atom is -0.496 e. The Kier molecular flexibility index (Phi) is 7.65. The minimum absolute atomic E-state index is 0.200. The normalized spacial score (nSPS) is 13.4. The molecular weight excluding hydrogens is 392 g/mol. The van der Waals surface area contributed by atoms with Gasteiger partial charge in [0, 0.05) is 38.8 Å². The van der Waals surface area contributed by atoms with Gasteiger partial charge in [-0.05, 0) is 38.0 Å². The number of methoxy groups -OCH3 is 1. The van der Waals surface area contributed by atoms with Crippen LogP contribution in [-0.4, -0.2) is 61.4 Å². The van der Waals surface area contributed by atoms with Crippen molar-refractivity contribution in [2.75, 3.05) is 33.8 Å². The maximum Gasteiger partial charge on any atom is 0.261 e. The van der Waals surface area contributed by atoms with Gasteiger partial charge < -0.3 is 15.0 Å². The smallest absolute Gasteiger partial charge is 0.261 e. The van der Waals surface area contributed by atoms with Gasteiger partial charge in [-0.25, -0.2) is 0 Å². The molecule has 1 N–H and O–H groups in total. The number of carbonyl (C=O) groups is 2. The number of fused-ring (bicyclic) bond motifs is 1. The lowest BCUT2D eigenvalue weighted by molar-refractivity contribution is 0.0652. The number of nitrogens with zero attached hydrogens (tertiary/aromatic N) is 3. The number of unbranched alkanes of at least 4 members (excludes halogenated alkanes) is 1. The standard InChI is InChI=1S/C24H30N4O3/c1-4-25-24(27(2)17-18-11-5-8-14-21(18)31-3)26-15-9-10-16-28-22(29)19-12-6-7-13-20(19)23(28)30/h5-8,11-14H,4,9-10,15-17H2,1-3H3,(H,25,26). The summed E-state index contributed by atoms with van der Waals surface area (Å²) in [5.74, 6) is 1.27.